The van der Waals surface area contributed by atoms with Gasteiger partial charge >= 0.3 is 0 Å². The van der Waals surface area contributed by atoms with Crippen molar-refractivity contribution in [1.29, 1.82) is 0 Å². The molecule has 1 fully saturated rings. The molecule has 2 aromatic carbocycles. The molecule has 4 heterocycles. The number of hydrogen-bond donors (Lipinski definition) is 2. The van der Waals surface area contributed by atoms with Gasteiger partial charge in [0.2, 0.25) is 10.0 Å². The number of sulfonamides is 1. The van der Waals surface area contributed by atoms with Gasteiger partial charge in [-0.15, -0.1) is 0 Å². The van der Waals surface area contributed by atoms with E-state index >= 15 is 0 Å². The minimum Gasteiger partial charge on any atom is -0.351 e. The Morgan fingerprint density at radius 2 is 1.87 bits per heavy atom. The van der Waals surface area contributed by atoms with Crippen molar-refractivity contribution in [3.8, 4) is 5.13 Å². The van der Waals surface area contributed by atoms with Crippen molar-refractivity contribution in [3.05, 3.63) is 102 Å². The Balaban J connectivity index is 1.48. The summed E-state index contributed by atoms with van der Waals surface area (Å²) in [5, 5.41) is 4.92. The average Bonchev–Trinajstić information content (AvgIpc) is 3.61. The second-order valence-corrected chi connectivity index (χ2v) is 12.3. The van der Waals surface area contributed by atoms with Crippen molar-refractivity contribution in [3.63, 3.8) is 0 Å². The molecule has 0 spiro atoms. The summed E-state index contributed by atoms with van der Waals surface area (Å²) in [6.45, 7) is 1.87. The number of nitrogens with zero attached hydrogens (tertiary/aromatic N) is 4. The van der Waals surface area contributed by atoms with Gasteiger partial charge in [-0.25, -0.2) is 13.4 Å². The number of nitrogens with one attached hydrogen (secondary N) is 2. The maximum absolute atomic E-state index is 11.8. The number of anilines is 2. The first kappa shape index (κ1) is 24.5. The van der Waals surface area contributed by atoms with Crippen LogP contribution in [0.25, 0.3) is 15.3 Å². The Hall–Kier alpha value is -3.80. The van der Waals surface area contributed by atoms with E-state index in [4.69, 9.17) is 17.2 Å². The number of benzene rings is 2. The molecular weight excluding hydrogens is 537 g/mol. The fraction of sp³-hybridized carbons (Fsp3) is 0.148. The SMILES string of the molecule is Cc1cc(N2C(=S)NC(c3ccccn3)C2c2cccn2-c2nc3ccccc3s2)ccc1NS(C)(=O)=O. The van der Waals surface area contributed by atoms with Crippen LogP contribution in [0.1, 0.15) is 29.0 Å². The van der Waals surface area contributed by atoms with E-state index in [9.17, 15) is 8.42 Å². The molecule has 2 atom stereocenters. The largest absolute Gasteiger partial charge is 0.351 e. The summed E-state index contributed by atoms with van der Waals surface area (Å²) in [6.07, 6.45) is 4.94. The van der Waals surface area contributed by atoms with E-state index in [1.807, 2.05) is 67.7 Å². The molecular formula is C27H24N6O2S3. The molecule has 38 heavy (non-hydrogen) atoms. The quantitative estimate of drug-likeness (QED) is 0.271. The molecule has 0 radical (unpaired) electrons. The van der Waals surface area contributed by atoms with Gasteiger partial charge in [-0.1, -0.05) is 29.5 Å². The Bertz CT molecular complexity index is 1730. The Morgan fingerprint density at radius 1 is 1.05 bits per heavy atom. The van der Waals surface area contributed by atoms with Crippen LogP contribution in [0.15, 0.2) is 85.2 Å². The summed E-state index contributed by atoms with van der Waals surface area (Å²) in [7, 11) is -3.40. The number of aromatic nitrogens is 3. The van der Waals surface area contributed by atoms with E-state index in [0.717, 1.165) is 44.2 Å². The summed E-state index contributed by atoms with van der Waals surface area (Å²) >= 11 is 7.51. The molecule has 5 aromatic rings. The van der Waals surface area contributed by atoms with Crippen LogP contribution >= 0.6 is 23.6 Å². The normalized spacial score (nSPS) is 17.6. The molecule has 1 saturated heterocycles. The predicted molar refractivity (Wildman–Crippen MR) is 157 cm³/mol. The standard InChI is InChI=1S/C27H24N6O2S3/c1-17-16-18(12-13-19(17)31-38(2,34)35)33-25(24(30-26(33)36)21-9-5-6-14-28-21)22-10-7-15-32(22)27-29-20-8-3-4-11-23(20)37-27/h3-16,24-25,31H,1-2H3,(H,30,36). The summed E-state index contributed by atoms with van der Waals surface area (Å²) in [6, 6.07) is 23.2. The van der Waals surface area contributed by atoms with Crippen molar-refractivity contribution in [2.24, 2.45) is 0 Å². The number of hydrogen-bond acceptors (Lipinski definition) is 6. The third-order valence-corrected chi connectivity index (χ3v) is 8.39. The molecule has 3 aromatic heterocycles. The van der Waals surface area contributed by atoms with Crippen LogP contribution in [-0.4, -0.2) is 34.3 Å². The van der Waals surface area contributed by atoms with Crippen molar-refractivity contribution in [2.45, 2.75) is 19.0 Å². The molecule has 8 nitrogen and oxygen atoms in total. The van der Waals surface area contributed by atoms with E-state index in [1.165, 1.54) is 0 Å². The molecule has 0 aliphatic carbocycles. The molecule has 6 rings (SSSR count). The van der Waals surface area contributed by atoms with Gasteiger partial charge in [0.15, 0.2) is 10.2 Å². The number of thiocarbonyl (C=S) groups is 1. The maximum atomic E-state index is 11.8. The third kappa shape index (κ3) is 4.53. The lowest BCUT2D eigenvalue weighted by Gasteiger charge is -2.29. The molecule has 2 N–H and O–H groups in total. The van der Waals surface area contributed by atoms with Gasteiger partial charge in [0, 0.05) is 18.1 Å². The third-order valence-electron chi connectivity index (χ3n) is 6.45. The van der Waals surface area contributed by atoms with Gasteiger partial charge in [0.1, 0.15) is 6.04 Å². The zero-order valence-corrected chi connectivity index (χ0v) is 23.0. The first-order valence-corrected chi connectivity index (χ1v) is 15.0. The highest BCUT2D eigenvalue weighted by atomic mass is 32.2. The summed E-state index contributed by atoms with van der Waals surface area (Å²) in [5.41, 5.74) is 4.99. The first-order chi connectivity index (χ1) is 18.3. The van der Waals surface area contributed by atoms with Crippen molar-refractivity contribution in [1.82, 2.24) is 19.9 Å². The van der Waals surface area contributed by atoms with Crippen molar-refractivity contribution < 1.29 is 8.42 Å². The minimum absolute atomic E-state index is 0.221. The average molecular weight is 561 g/mol. The van der Waals surface area contributed by atoms with Crippen LogP contribution in [0.5, 0.6) is 0 Å². The van der Waals surface area contributed by atoms with Gasteiger partial charge in [-0.05, 0) is 79.3 Å². The summed E-state index contributed by atoms with van der Waals surface area (Å²) < 4.78 is 29.5. The fourth-order valence-corrected chi connectivity index (χ4v) is 6.76. The first-order valence-electron chi connectivity index (χ1n) is 11.9. The lowest BCUT2D eigenvalue weighted by Crippen LogP contribution is -2.30. The van der Waals surface area contributed by atoms with Crippen molar-refractivity contribution >= 4 is 60.3 Å². The van der Waals surface area contributed by atoms with E-state index < -0.39 is 10.0 Å². The van der Waals surface area contributed by atoms with Crippen LogP contribution in [0.3, 0.4) is 0 Å². The number of aryl methyl sites for hydroxylation is 1. The van der Waals surface area contributed by atoms with Crippen LogP contribution in [0.4, 0.5) is 11.4 Å². The molecule has 1 aliphatic rings. The van der Waals surface area contributed by atoms with Crippen LogP contribution in [-0.2, 0) is 10.0 Å². The van der Waals surface area contributed by atoms with Crippen LogP contribution in [0.2, 0.25) is 0 Å². The van der Waals surface area contributed by atoms with E-state index in [0.29, 0.717) is 10.8 Å². The highest BCUT2D eigenvalue weighted by molar-refractivity contribution is 7.92. The van der Waals surface area contributed by atoms with Crippen LogP contribution in [0, 0.1) is 6.92 Å². The Kier molecular flexibility index (Phi) is 6.13. The minimum atomic E-state index is -3.40. The second kappa shape index (κ2) is 9.50. The fourth-order valence-electron chi connectivity index (χ4n) is 4.82. The molecule has 1 aliphatic heterocycles. The second-order valence-electron chi connectivity index (χ2n) is 9.14. The highest BCUT2D eigenvalue weighted by Crippen LogP contribution is 2.43. The van der Waals surface area contributed by atoms with Gasteiger partial charge in [-0.2, -0.15) is 0 Å². The maximum Gasteiger partial charge on any atom is 0.229 e. The van der Waals surface area contributed by atoms with Gasteiger partial charge in [0.25, 0.3) is 0 Å². The predicted octanol–water partition coefficient (Wildman–Crippen LogP) is 5.34. The lowest BCUT2D eigenvalue weighted by atomic mass is 10.0. The number of rotatable bonds is 6. The molecule has 0 saturated carbocycles. The van der Waals surface area contributed by atoms with E-state index in [2.05, 4.69) is 36.6 Å². The highest BCUT2D eigenvalue weighted by Gasteiger charge is 2.42. The zero-order chi connectivity index (χ0) is 26.4. The number of para-hydroxylation sites is 1. The Labute approximate surface area is 230 Å². The smallest absolute Gasteiger partial charge is 0.229 e. The number of thiazole rings is 1. The van der Waals surface area contributed by atoms with Gasteiger partial charge < -0.3 is 10.2 Å². The monoisotopic (exact) mass is 560 g/mol. The molecule has 0 amide bonds. The van der Waals surface area contributed by atoms with Gasteiger partial charge in [0.05, 0.1) is 39.6 Å². The number of pyridine rings is 1. The topological polar surface area (TPSA) is 92.2 Å². The molecule has 11 heteroatoms. The molecule has 0 bridgehead atoms. The molecule has 2 unspecified atom stereocenters. The zero-order valence-electron chi connectivity index (χ0n) is 20.6. The van der Waals surface area contributed by atoms with Gasteiger partial charge in [-0.3, -0.25) is 14.3 Å². The van der Waals surface area contributed by atoms with Crippen LogP contribution < -0.4 is 14.9 Å². The summed E-state index contributed by atoms with van der Waals surface area (Å²) in [4.78, 5) is 11.6. The molecule has 192 valence electrons. The van der Waals surface area contributed by atoms with E-state index in [1.54, 1.807) is 23.6 Å². The number of fused-ring (bicyclic) bond motifs is 1. The van der Waals surface area contributed by atoms with E-state index in [-0.39, 0.29) is 12.1 Å². The Morgan fingerprint density at radius 3 is 2.61 bits per heavy atom. The van der Waals surface area contributed by atoms with Crippen molar-refractivity contribution in [2.75, 3.05) is 15.9 Å². The lowest BCUT2D eigenvalue weighted by molar-refractivity contribution is 0.549. The summed E-state index contributed by atoms with van der Waals surface area (Å²) in [5.74, 6) is 0.